The smallest absolute Gasteiger partial charge is 0.407 e. The molecule has 1 saturated heterocycles. The first-order chi connectivity index (χ1) is 10.7. The SMILES string of the molecule is O=C(O)N1CCOC[C@H]1Cc1cccc(-c2cccnn2)c1. The fourth-order valence-corrected chi connectivity index (χ4v) is 2.66. The minimum absolute atomic E-state index is 0.150. The van der Waals surface area contributed by atoms with Gasteiger partial charge in [0.15, 0.2) is 0 Å². The molecule has 2 heterocycles. The molecular weight excluding hydrogens is 282 g/mol. The molecule has 1 atom stereocenters. The van der Waals surface area contributed by atoms with E-state index >= 15 is 0 Å². The molecule has 1 aromatic heterocycles. The molecule has 6 nitrogen and oxygen atoms in total. The van der Waals surface area contributed by atoms with Crippen LogP contribution in [0.15, 0.2) is 42.6 Å². The second kappa shape index (κ2) is 6.53. The Morgan fingerprint density at radius 3 is 3.05 bits per heavy atom. The number of nitrogens with zero attached hydrogens (tertiary/aromatic N) is 3. The van der Waals surface area contributed by atoms with E-state index in [1.807, 2.05) is 36.4 Å². The van der Waals surface area contributed by atoms with Gasteiger partial charge in [-0.1, -0.05) is 18.2 Å². The minimum atomic E-state index is -0.890. The van der Waals surface area contributed by atoms with Gasteiger partial charge in [-0.3, -0.25) is 0 Å². The number of carboxylic acid groups (broad SMARTS) is 1. The van der Waals surface area contributed by atoms with Gasteiger partial charge in [0.2, 0.25) is 0 Å². The molecule has 0 spiro atoms. The Balaban J connectivity index is 1.79. The second-order valence-electron chi connectivity index (χ2n) is 5.22. The van der Waals surface area contributed by atoms with E-state index in [0.29, 0.717) is 26.2 Å². The van der Waals surface area contributed by atoms with Crippen molar-refractivity contribution in [2.24, 2.45) is 0 Å². The normalized spacial score (nSPS) is 18.2. The van der Waals surface area contributed by atoms with Gasteiger partial charge in [0.25, 0.3) is 0 Å². The van der Waals surface area contributed by atoms with Crippen LogP contribution in [0.2, 0.25) is 0 Å². The summed E-state index contributed by atoms with van der Waals surface area (Å²) in [4.78, 5) is 12.8. The molecule has 1 fully saturated rings. The summed E-state index contributed by atoms with van der Waals surface area (Å²) < 4.78 is 5.42. The molecule has 0 bridgehead atoms. The van der Waals surface area contributed by atoms with E-state index in [9.17, 15) is 9.90 Å². The maximum absolute atomic E-state index is 11.3. The topological polar surface area (TPSA) is 75.5 Å². The summed E-state index contributed by atoms with van der Waals surface area (Å²) >= 11 is 0. The maximum Gasteiger partial charge on any atom is 0.407 e. The molecule has 1 aliphatic heterocycles. The van der Waals surface area contributed by atoms with E-state index in [1.165, 1.54) is 4.90 Å². The predicted octanol–water partition coefficient (Wildman–Crippen LogP) is 2.06. The van der Waals surface area contributed by atoms with Gasteiger partial charge in [-0.2, -0.15) is 10.2 Å². The molecule has 0 aliphatic carbocycles. The van der Waals surface area contributed by atoms with Gasteiger partial charge >= 0.3 is 6.09 Å². The fourth-order valence-electron chi connectivity index (χ4n) is 2.66. The zero-order chi connectivity index (χ0) is 15.4. The zero-order valence-corrected chi connectivity index (χ0v) is 12.1. The van der Waals surface area contributed by atoms with Crippen molar-refractivity contribution < 1.29 is 14.6 Å². The van der Waals surface area contributed by atoms with Gasteiger partial charge in [0, 0.05) is 18.3 Å². The summed E-state index contributed by atoms with van der Waals surface area (Å²) in [6.45, 7) is 1.31. The third kappa shape index (κ3) is 3.23. The Labute approximate surface area is 128 Å². The molecule has 114 valence electrons. The molecule has 3 rings (SSSR count). The van der Waals surface area contributed by atoms with Crippen LogP contribution in [0.1, 0.15) is 5.56 Å². The van der Waals surface area contributed by atoms with E-state index in [4.69, 9.17) is 4.74 Å². The third-order valence-corrected chi connectivity index (χ3v) is 3.74. The quantitative estimate of drug-likeness (QED) is 0.939. The lowest BCUT2D eigenvalue weighted by Gasteiger charge is -2.33. The number of aromatic nitrogens is 2. The average molecular weight is 299 g/mol. The van der Waals surface area contributed by atoms with Gasteiger partial charge < -0.3 is 14.7 Å². The van der Waals surface area contributed by atoms with Crippen LogP contribution in [0.4, 0.5) is 4.79 Å². The van der Waals surface area contributed by atoms with E-state index < -0.39 is 6.09 Å². The number of hydrogen-bond acceptors (Lipinski definition) is 4. The highest BCUT2D eigenvalue weighted by molar-refractivity contribution is 5.65. The first-order valence-electron chi connectivity index (χ1n) is 7.18. The zero-order valence-electron chi connectivity index (χ0n) is 12.1. The number of ether oxygens (including phenoxy) is 1. The average Bonchev–Trinajstić information content (AvgIpc) is 2.56. The van der Waals surface area contributed by atoms with E-state index in [0.717, 1.165) is 16.8 Å². The number of morpholine rings is 1. The predicted molar refractivity (Wildman–Crippen MR) is 80.5 cm³/mol. The minimum Gasteiger partial charge on any atom is -0.465 e. The highest BCUT2D eigenvalue weighted by Gasteiger charge is 2.27. The lowest BCUT2D eigenvalue weighted by atomic mass is 10.0. The Morgan fingerprint density at radius 1 is 1.36 bits per heavy atom. The highest BCUT2D eigenvalue weighted by Crippen LogP contribution is 2.20. The van der Waals surface area contributed by atoms with Gasteiger partial charge in [-0.05, 0) is 30.2 Å². The van der Waals surface area contributed by atoms with Crippen LogP contribution in [0.25, 0.3) is 11.3 Å². The summed E-state index contributed by atoms with van der Waals surface area (Å²) in [5, 5.41) is 17.3. The molecule has 1 amide bonds. The number of amides is 1. The van der Waals surface area contributed by atoms with Crippen LogP contribution >= 0.6 is 0 Å². The van der Waals surface area contributed by atoms with Crippen molar-refractivity contribution in [2.75, 3.05) is 19.8 Å². The molecule has 2 aromatic rings. The Bertz CT molecular complexity index is 648. The summed E-state index contributed by atoms with van der Waals surface area (Å²) in [7, 11) is 0. The Morgan fingerprint density at radius 2 is 2.27 bits per heavy atom. The van der Waals surface area contributed by atoms with Crippen molar-refractivity contribution in [1.82, 2.24) is 15.1 Å². The van der Waals surface area contributed by atoms with Crippen molar-refractivity contribution in [3.8, 4) is 11.3 Å². The molecule has 22 heavy (non-hydrogen) atoms. The van der Waals surface area contributed by atoms with Crippen molar-refractivity contribution in [2.45, 2.75) is 12.5 Å². The Kier molecular flexibility index (Phi) is 4.29. The van der Waals surface area contributed by atoms with Crippen molar-refractivity contribution in [3.63, 3.8) is 0 Å². The number of benzene rings is 1. The maximum atomic E-state index is 11.3. The highest BCUT2D eigenvalue weighted by atomic mass is 16.5. The number of hydrogen-bond donors (Lipinski definition) is 1. The molecule has 6 heteroatoms. The van der Waals surface area contributed by atoms with E-state index in [2.05, 4.69) is 10.2 Å². The summed E-state index contributed by atoms with van der Waals surface area (Å²) in [5.74, 6) is 0. The van der Waals surface area contributed by atoms with Crippen LogP contribution < -0.4 is 0 Å². The molecule has 0 unspecified atom stereocenters. The van der Waals surface area contributed by atoms with Crippen molar-refractivity contribution in [3.05, 3.63) is 48.2 Å². The molecule has 1 aliphatic rings. The van der Waals surface area contributed by atoms with Gasteiger partial charge in [0.1, 0.15) is 0 Å². The van der Waals surface area contributed by atoms with Crippen LogP contribution in [-0.2, 0) is 11.2 Å². The van der Waals surface area contributed by atoms with Crippen molar-refractivity contribution >= 4 is 6.09 Å². The monoisotopic (exact) mass is 299 g/mol. The van der Waals surface area contributed by atoms with Crippen molar-refractivity contribution in [1.29, 1.82) is 0 Å². The van der Waals surface area contributed by atoms with E-state index in [-0.39, 0.29) is 6.04 Å². The van der Waals surface area contributed by atoms with Crippen LogP contribution in [-0.4, -0.2) is 52.1 Å². The van der Waals surface area contributed by atoms with Gasteiger partial charge in [-0.25, -0.2) is 4.79 Å². The largest absolute Gasteiger partial charge is 0.465 e. The van der Waals surface area contributed by atoms with Crippen LogP contribution in [0.3, 0.4) is 0 Å². The number of carbonyl (C=O) groups is 1. The molecule has 1 aromatic carbocycles. The summed E-state index contributed by atoms with van der Waals surface area (Å²) in [6.07, 6.45) is 1.37. The van der Waals surface area contributed by atoms with Crippen LogP contribution in [0, 0.1) is 0 Å². The standard InChI is InChI=1S/C16H17N3O3/c20-16(21)19-7-8-22-11-14(19)10-12-3-1-4-13(9-12)15-5-2-6-17-18-15/h1-6,9,14H,7-8,10-11H2,(H,20,21)/t14-/m1/s1. The molecule has 1 N–H and O–H groups in total. The second-order valence-corrected chi connectivity index (χ2v) is 5.22. The third-order valence-electron chi connectivity index (χ3n) is 3.74. The number of rotatable bonds is 3. The van der Waals surface area contributed by atoms with Gasteiger partial charge in [0.05, 0.1) is 24.9 Å². The lowest BCUT2D eigenvalue weighted by Crippen LogP contribution is -2.49. The van der Waals surface area contributed by atoms with Gasteiger partial charge in [-0.15, -0.1) is 0 Å². The first-order valence-corrected chi connectivity index (χ1v) is 7.18. The summed E-state index contributed by atoms with van der Waals surface area (Å²) in [6, 6.07) is 11.5. The summed E-state index contributed by atoms with van der Waals surface area (Å²) in [5.41, 5.74) is 2.84. The molecule has 0 radical (unpaired) electrons. The molecular formula is C16H17N3O3. The molecule has 0 saturated carbocycles. The Hall–Kier alpha value is -2.47. The van der Waals surface area contributed by atoms with Crippen LogP contribution in [0.5, 0.6) is 0 Å². The lowest BCUT2D eigenvalue weighted by molar-refractivity contribution is 0.000290. The first kappa shape index (κ1) is 14.5. The van der Waals surface area contributed by atoms with E-state index in [1.54, 1.807) is 6.20 Å². The fraction of sp³-hybridized carbons (Fsp3) is 0.312.